The number of amides is 1. The number of hydrogen-bond acceptors (Lipinski definition) is 9. The minimum Gasteiger partial charge on any atom is -0.501 e. The number of aromatic hydroxyl groups is 1. The van der Waals surface area contributed by atoms with Gasteiger partial charge in [-0.1, -0.05) is 0 Å². The maximum Gasteiger partial charge on any atom is 0.296 e. The summed E-state index contributed by atoms with van der Waals surface area (Å²) in [7, 11) is -2.03. The Morgan fingerprint density at radius 2 is 1.84 bits per heavy atom. The van der Waals surface area contributed by atoms with Crippen molar-refractivity contribution in [2.75, 3.05) is 53.0 Å². The van der Waals surface area contributed by atoms with Crippen molar-refractivity contribution in [1.29, 1.82) is 0 Å². The third kappa shape index (κ3) is 4.94. The van der Waals surface area contributed by atoms with E-state index in [4.69, 9.17) is 9.47 Å². The van der Waals surface area contributed by atoms with Crippen LogP contribution in [0.1, 0.15) is 34.7 Å². The van der Waals surface area contributed by atoms with Gasteiger partial charge in [-0.2, -0.15) is 4.31 Å². The number of nitrogens with one attached hydrogen (secondary N) is 1. The summed E-state index contributed by atoms with van der Waals surface area (Å²) in [5, 5.41) is 13.0. The molecule has 0 unspecified atom stereocenters. The molecule has 0 atom stereocenters. The number of benzene rings is 1. The molecule has 2 aromatic rings. The average molecular weight is 552 g/mol. The van der Waals surface area contributed by atoms with Crippen LogP contribution in [-0.4, -0.2) is 91.2 Å². The maximum absolute atomic E-state index is 14.4. The molecule has 2 fully saturated rings. The van der Waals surface area contributed by atoms with Crippen LogP contribution >= 0.6 is 0 Å². The van der Waals surface area contributed by atoms with E-state index in [0.29, 0.717) is 39.1 Å². The Balaban J connectivity index is 1.38. The Hall–Kier alpha value is -2.91. The lowest BCUT2D eigenvalue weighted by Crippen LogP contribution is -2.48. The lowest BCUT2D eigenvalue weighted by atomic mass is 9.91. The summed E-state index contributed by atoms with van der Waals surface area (Å²) in [6.07, 6.45) is 0.887. The van der Waals surface area contributed by atoms with Gasteiger partial charge in [0.1, 0.15) is 17.2 Å². The molecule has 206 valence electrons. The number of halogens is 1. The fourth-order valence-electron chi connectivity index (χ4n) is 5.04. The van der Waals surface area contributed by atoms with Crippen molar-refractivity contribution < 1.29 is 32.2 Å². The second kappa shape index (κ2) is 10.3. The number of aromatic nitrogens is 2. The van der Waals surface area contributed by atoms with Crippen molar-refractivity contribution in [3.8, 4) is 5.75 Å². The minimum absolute atomic E-state index is 0.188. The van der Waals surface area contributed by atoms with Crippen LogP contribution in [-0.2, 0) is 38.2 Å². The molecule has 12 nitrogen and oxygen atoms in total. The van der Waals surface area contributed by atoms with Gasteiger partial charge < -0.3 is 24.8 Å². The van der Waals surface area contributed by atoms with Crippen LogP contribution in [0.5, 0.6) is 5.75 Å². The Morgan fingerprint density at radius 3 is 2.55 bits per heavy atom. The van der Waals surface area contributed by atoms with Crippen molar-refractivity contribution in [3.05, 3.63) is 51.5 Å². The topological polar surface area (TPSA) is 143 Å². The van der Waals surface area contributed by atoms with Crippen molar-refractivity contribution in [2.45, 2.75) is 36.4 Å². The van der Waals surface area contributed by atoms with E-state index in [1.165, 1.54) is 14.9 Å². The SMILES string of the molecule is CN1CCN(S(=O)(=O)c2cc(F)cc(CNC(=O)c3nc4n(c(=O)c3O)CCOC43CCOCC3)c2)CC1. The number of likely N-dealkylation sites (N-methyl/N-ethyl adjacent to an activating group) is 1. The Morgan fingerprint density at radius 1 is 1.13 bits per heavy atom. The quantitative estimate of drug-likeness (QED) is 0.524. The molecule has 14 heteroatoms. The molecule has 1 amide bonds. The summed E-state index contributed by atoms with van der Waals surface area (Å²) in [4.78, 5) is 32.1. The van der Waals surface area contributed by atoms with E-state index < -0.39 is 44.4 Å². The van der Waals surface area contributed by atoms with Gasteiger partial charge in [-0.05, 0) is 30.8 Å². The van der Waals surface area contributed by atoms with Crippen molar-refractivity contribution in [3.63, 3.8) is 0 Å². The third-order valence-electron chi connectivity index (χ3n) is 7.25. The molecule has 0 aliphatic carbocycles. The van der Waals surface area contributed by atoms with Crippen LogP contribution in [0, 0.1) is 5.82 Å². The third-order valence-corrected chi connectivity index (χ3v) is 9.12. The van der Waals surface area contributed by atoms with E-state index >= 15 is 0 Å². The largest absolute Gasteiger partial charge is 0.501 e. The van der Waals surface area contributed by atoms with Crippen molar-refractivity contribution >= 4 is 15.9 Å². The number of piperazine rings is 1. The van der Waals surface area contributed by atoms with Crippen LogP contribution in [0.25, 0.3) is 0 Å². The summed E-state index contributed by atoms with van der Waals surface area (Å²) >= 11 is 0. The van der Waals surface area contributed by atoms with E-state index in [2.05, 4.69) is 10.3 Å². The lowest BCUT2D eigenvalue weighted by Gasteiger charge is -2.40. The molecule has 1 aromatic carbocycles. The number of nitrogens with zero attached hydrogens (tertiary/aromatic N) is 4. The zero-order chi connectivity index (χ0) is 27.1. The van der Waals surface area contributed by atoms with Gasteiger partial charge in [0.15, 0.2) is 5.69 Å². The van der Waals surface area contributed by atoms with E-state index in [1.54, 1.807) is 0 Å². The molecule has 3 aliphatic heterocycles. The number of sulfonamides is 1. The summed E-state index contributed by atoms with van der Waals surface area (Å²) in [5.41, 5.74) is -1.92. The number of fused-ring (bicyclic) bond motifs is 2. The van der Waals surface area contributed by atoms with Gasteiger partial charge >= 0.3 is 0 Å². The number of rotatable bonds is 5. The van der Waals surface area contributed by atoms with Crippen LogP contribution in [0.15, 0.2) is 27.9 Å². The van der Waals surface area contributed by atoms with Gasteiger partial charge in [-0.3, -0.25) is 14.2 Å². The van der Waals surface area contributed by atoms with Gasteiger partial charge in [-0.15, -0.1) is 0 Å². The van der Waals surface area contributed by atoms with E-state index in [0.717, 1.165) is 12.1 Å². The summed E-state index contributed by atoms with van der Waals surface area (Å²) in [6.45, 7) is 2.70. The van der Waals surface area contributed by atoms with Crippen LogP contribution in [0.4, 0.5) is 4.39 Å². The molecule has 5 rings (SSSR count). The summed E-state index contributed by atoms with van der Waals surface area (Å²) in [5.74, 6) is -2.17. The van der Waals surface area contributed by atoms with E-state index in [-0.39, 0.29) is 49.1 Å². The predicted octanol–water partition coefficient (Wildman–Crippen LogP) is -0.01000. The molecule has 1 aromatic heterocycles. The van der Waals surface area contributed by atoms with E-state index in [1.807, 2.05) is 11.9 Å². The van der Waals surface area contributed by atoms with Gasteiger partial charge in [-0.25, -0.2) is 17.8 Å². The van der Waals surface area contributed by atoms with Crippen molar-refractivity contribution in [1.82, 2.24) is 24.1 Å². The molecule has 3 aliphatic rings. The minimum atomic E-state index is -3.93. The first-order chi connectivity index (χ1) is 18.1. The molecular formula is C24H30FN5O7S. The lowest BCUT2D eigenvalue weighted by molar-refractivity contribution is -0.139. The second-order valence-corrected chi connectivity index (χ2v) is 11.7. The van der Waals surface area contributed by atoms with Gasteiger partial charge in [0.2, 0.25) is 15.8 Å². The number of ether oxygens (including phenoxy) is 2. The average Bonchev–Trinajstić information content (AvgIpc) is 2.90. The summed E-state index contributed by atoms with van der Waals surface area (Å²) in [6, 6.07) is 3.37. The first-order valence-corrected chi connectivity index (χ1v) is 13.9. The molecule has 2 saturated heterocycles. The zero-order valence-corrected chi connectivity index (χ0v) is 21.8. The normalized spacial score (nSPS) is 20.3. The van der Waals surface area contributed by atoms with Crippen LogP contribution in [0.2, 0.25) is 0 Å². The van der Waals surface area contributed by atoms with Crippen LogP contribution in [0.3, 0.4) is 0 Å². The van der Waals surface area contributed by atoms with Crippen molar-refractivity contribution in [2.24, 2.45) is 0 Å². The number of hydrogen-bond donors (Lipinski definition) is 2. The van der Waals surface area contributed by atoms with Crippen LogP contribution < -0.4 is 10.9 Å². The second-order valence-electron chi connectivity index (χ2n) is 9.73. The number of carbonyl (C=O) groups is 1. The molecule has 38 heavy (non-hydrogen) atoms. The van der Waals surface area contributed by atoms with Gasteiger partial charge in [0.25, 0.3) is 11.5 Å². The first-order valence-electron chi connectivity index (χ1n) is 12.4. The van der Waals surface area contributed by atoms with Gasteiger partial charge in [0, 0.05) is 58.8 Å². The summed E-state index contributed by atoms with van der Waals surface area (Å²) < 4.78 is 54.6. The monoisotopic (exact) mass is 551 g/mol. The molecule has 4 heterocycles. The Labute approximate surface area is 219 Å². The Kier molecular flexibility index (Phi) is 7.26. The Bertz CT molecular complexity index is 1400. The highest BCUT2D eigenvalue weighted by molar-refractivity contribution is 7.89. The highest BCUT2D eigenvalue weighted by Gasteiger charge is 2.43. The molecule has 0 saturated carbocycles. The highest BCUT2D eigenvalue weighted by atomic mass is 32.2. The van der Waals surface area contributed by atoms with E-state index in [9.17, 15) is 27.5 Å². The smallest absolute Gasteiger partial charge is 0.296 e. The fraction of sp³-hybridized carbons (Fsp3) is 0.542. The molecule has 1 spiro atoms. The molecule has 0 bridgehead atoms. The maximum atomic E-state index is 14.4. The van der Waals surface area contributed by atoms with Gasteiger partial charge in [0.05, 0.1) is 18.0 Å². The standard InChI is InChI=1S/C24H30FN5O7S/c1-28-4-6-29(7-5-28)38(34,35)18-13-16(12-17(25)14-18)15-26-21(32)19-20(31)22(33)30-8-11-37-24(23(30)27-19)2-9-36-10-3-24/h12-14,31H,2-11,15H2,1H3,(H,26,32). The fourth-order valence-corrected chi connectivity index (χ4v) is 6.54. The molecule has 0 radical (unpaired) electrons. The molecular weight excluding hydrogens is 521 g/mol. The molecule has 2 N–H and O–H groups in total. The number of carbonyl (C=O) groups excluding carboxylic acids is 1. The zero-order valence-electron chi connectivity index (χ0n) is 21.0. The highest BCUT2D eigenvalue weighted by Crippen LogP contribution is 2.37. The first kappa shape index (κ1) is 26.7. The predicted molar refractivity (Wildman–Crippen MR) is 132 cm³/mol.